The first-order valence-electron chi connectivity index (χ1n) is 13.6. The predicted molar refractivity (Wildman–Crippen MR) is 172 cm³/mol. The summed E-state index contributed by atoms with van der Waals surface area (Å²) in [6.45, 7) is 4.01. The average molecular weight is 732 g/mol. The summed E-state index contributed by atoms with van der Waals surface area (Å²) in [5.74, 6) is 0.784. The zero-order valence-corrected chi connectivity index (χ0v) is 27.4. The maximum Gasteiger partial charge on any atom is 0.337 e. The van der Waals surface area contributed by atoms with Gasteiger partial charge in [0.05, 0.1) is 31.5 Å². The van der Waals surface area contributed by atoms with E-state index in [-0.39, 0.29) is 12.2 Å². The molecule has 3 aromatic carbocycles. The lowest BCUT2D eigenvalue weighted by molar-refractivity contribution is -0.136. The molecule has 44 heavy (non-hydrogen) atoms. The van der Waals surface area contributed by atoms with E-state index >= 15 is 0 Å². The number of allylic oxidation sites excluding steroid dienone is 1. The van der Waals surface area contributed by atoms with Crippen molar-refractivity contribution in [2.24, 2.45) is 5.10 Å². The van der Waals surface area contributed by atoms with E-state index in [0.29, 0.717) is 47.3 Å². The lowest BCUT2D eigenvalue weighted by atomic mass is 9.95. The molecule has 11 nitrogen and oxygen atoms in total. The van der Waals surface area contributed by atoms with Gasteiger partial charge in [-0.05, 0) is 67.4 Å². The number of benzene rings is 3. The Balaban J connectivity index is 1.40. The summed E-state index contributed by atoms with van der Waals surface area (Å²) in [6.07, 6.45) is 0.396. The Bertz CT molecular complexity index is 1550. The van der Waals surface area contributed by atoms with Gasteiger partial charge in [-0.15, -0.1) is 0 Å². The van der Waals surface area contributed by atoms with Crippen molar-refractivity contribution in [1.82, 2.24) is 16.1 Å². The van der Waals surface area contributed by atoms with Crippen LogP contribution in [0.4, 0.5) is 4.79 Å². The summed E-state index contributed by atoms with van der Waals surface area (Å²) in [4.78, 5) is 24.6. The van der Waals surface area contributed by atoms with Gasteiger partial charge >= 0.3 is 12.0 Å². The van der Waals surface area contributed by atoms with Crippen LogP contribution in [-0.4, -0.2) is 49.9 Å². The number of amides is 2. The van der Waals surface area contributed by atoms with E-state index in [2.05, 4.69) is 53.0 Å². The molecule has 13 heteroatoms. The van der Waals surface area contributed by atoms with Gasteiger partial charge < -0.3 is 34.7 Å². The number of aliphatic hydroxyl groups is 1. The number of carbonyl (C=O) groups is 2. The second kappa shape index (κ2) is 15.6. The van der Waals surface area contributed by atoms with Gasteiger partial charge in [0, 0.05) is 20.2 Å². The van der Waals surface area contributed by atoms with Crippen LogP contribution in [0.1, 0.15) is 36.6 Å². The van der Waals surface area contributed by atoms with Crippen LogP contribution in [0.5, 0.6) is 17.2 Å². The number of nitrogens with zero attached hydrogens (tertiary/aromatic N) is 1. The maximum absolute atomic E-state index is 12.5. The summed E-state index contributed by atoms with van der Waals surface area (Å²) < 4.78 is 24.3. The van der Waals surface area contributed by atoms with Crippen molar-refractivity contribution >= 4 is 50.1 Å². The number of hydrazone groups is 1. The van der Waals surface area contributed by atoms with Crippen LogP contribution in [0.2, 0.25) is 0 Å². The van der Waals surface area contributed by atoms with Crippen molar-refractivity contribution in [3.8, 4) is 17.2 Å². The van der Waals surface area contributed by atoms with Crippen molar-refractivity contribution < 1.29 is 33.6 Å². The molecule has 0 saturated carbocycles. The van der Waals surface area contributed by atoms with E-state index in [1.54, 1.807) is 31.3 Å². The van der Waals surface area contributed by atoms with Gasteiger partial charge in [0.15, 0.2) is 17.7 Å². The third kappa shape index (κ3) is 8.74. The molecule has 2 amide bonds. The fourth-order valence-electron chi connectivity index (χ4n) is 4.31. The van der Waals surface area contributed by atoms with E-state index in [1.165, 1.54) is 7.11 Å². The third-order valence-corrected chi connectivity index (χ3v) is 7.40. The first-order chi connectivity index (χ1) is 21.2. The molecule has 0 spiro atoms. The third-order valence-electron chi connectivity index (χ3n) is 6.38. The minimum atomic E-state index is -1.15. The lowest BCUT2D eigenvalue weighted by Gasteiger charge is -2.28. The number of carbonyl (C=O) groups excluding carboxylic acids is 2. The van der Waals surface area contributed by atoms with Gasteiger partial charge in [-0.2, -0.15) is 5.10 Å². The molecule has 4 N–H and O–H groups in total. The minimum Gasteiger partial charge on any atom is -0.490 e. The Morgan fingerprint density at radius 3 is 2.48 bits per heavy atom. The standard InChI is InChI=1S/C31H32Br2N4O7/c1-4-42-26-14-20(29-28(30(39)41-3)18(2)35-31(40)36-29)7-11-25(26)44-17-27(38)37-34-15-21-13-23(33)10-12-24(21)43-16-19-5-8-22(32)9-6-19/h5-15,27,29,37-38H,4,16-17H2,1-3H3,(H2,35,36,40)/b34-15-/t27-,29+/m0/s1. The lowest BCUT2D eigenvalue weighted by Crippen LogP contribution is -2.45. The van der Waals surface area contributed by atoms with Gasteiger partial charge in [-0.25, -0.2) is 9.59 Å². The highest BCUT2D eigenvalue weighted by atomic mass is 79.9. The second-order valence-electron chi connectivity index (χ2n) is 9.51. The molecule has 4 rings (SSSR count). The number of ether oxygens (including phenoxy) is 4. The minimum absolute atomic E-state index is 0.154. The molecule has 232 valence electrons. The van der Waals surface area contributed by atoms with E-state index in [0.717, 1.165) is 14.5 Å². The summed E-state index contributed by atoms with van der Waals surface area (Å²) in [5.41, 5.74) is 5.62. The summed E-state index contributed by atoms with van der Waals surface area (Å²) >= 11 is 6.90. The Kier molecular flexibility index (Phi) is 11.6. The topological polar surface area (TPSA) is 140 Å². The highest BCUT2D eigenvalue weighted by Crippen LogP contribution is 2.35. The highest BCUT2D eigenvalue weighted by Gasteiger charge is 2.32. The fraction of sp³-hybridized carbons (Fsp3) is 0.258. The Labute approximate surface area is 271 Å². The van der Waals surface area contributed by atoms with Gasteiger partial charge in [-0.3, -0.25) is 5.43 Å². The summed E-state index contributed by atoms with van der Waals surface area (Å²) in [7, 11) is 1.28. The molecule has 3 aromatic rings. The average Bonchev–Trinajstić information content (AvgIpc) is 3.00. The van der Waals surface area contributed by atoms with Gasteiger partial charge in [0.1, 0.15) is 19.0 Å². The summed E-state index contributed by atoms with van der Waals surface area (Å²) in [6, 6.07) is 17.2. The van der Waals surface area contributed by atoms with Crippen molar-refractivity contribution in [2.45, 2.75) is 32.7 Å². The first kappa shape index (κ1) is 32.8. The zero-order valence-electron chi connectivity index (χ0n) is 24.2. The normalized spacial score (nSPS) is 15.3. The molecule has 0 aromatic heterocycles. The number of aliphatic hydroxyl groups excluding tert-OH is 1. The van der Waals surface area contributed by atoms with E-state index in [4.69, 9.17) is 18.9 Å². The van der Waals surface area contributed by atoms with Crippen LogP contribution in [0.15, 0.2) is 86.0 Å². The number of methoxy groups -OCH3 is 1. The Morgan fingerprint density at radius 1 is 1.02 bits per heavy atom. The van der Waals surface area contributed by atoms with E-state index in [1.807, 2.05) is 49.4 Å². The molecule has 1 aliphatic heterocycles. The molecule has 0 aliphatic carbocycles. The molecule has 0 unspecified atom stereocenters. The molecule has 0 radical (unpaired) electrons. The Morgan fingerprint density at radius 2 is 1.75 bits per heavy atom. The van der Waals surface area contributed by atoms with E-state index in [9.17, 15) is 14.7 Å². The molecule has 1 heterocycles. The highest BCUT2D eigenvalue weighted by molar-refractivity contribution is 9.10. The number of nitrogens with one attached hydrogen (secondary N) is 3. The van der Waals surface area contributed by atoms with Crippen LogP contribution >= 0.6 is 31.9 Å². The molecular weight excluding hydrogens is 700 g/mol. The van der Waals surface area contributed by atoms with Crippen molar-refractivity contribution in [3.63, 3.8) is 0 Å². The van der Waals surface area contributed by atoms with Crippen LogP contribution in [0.3, 0.4) is 0 Å². The first-order valence-corrected chi connectivity index (χ1v) is 15.2. The van der Waals surface area contributed by atoms with Crippen molar-refractivity contribution in [1.29, 1.82) is 0 Å². The number of rotatable bonds is 13. The molecule has 0 bridgehead atoms. The quantitative estimate of drug-likeness (QED) is 0.0803. The largest absolute Gasteiger partial charge is 0.490 e. The second-order valence-corrected chi connectivity index (χ2v) is 11.3. The number of hydrogen-bond donors (Lipinski definition) is 4. The summed E-state index contributed by atoms with van der Waals surface area (Å²) in [5, 5.41) is 20.0. The van der Waals surface area contributed by atoms with Crippen molar-refractivity contribution in [2.75, 3.05) is 20.3 Å². The number of urea groups is 1. The monoisotopic (exact) mass is 730 g/mol. The van der Waals surface area contributed by atoms with Gasteiger partial charge in [-0.1, -0.05) is 50.1 Å². The van der Waals surface area contributed by atoms with Crippen LogP contribution in [0.25, 0.3) is 0 Å². The smallest absolute Gasteiger partial charge is 0.337 e. The number of esters is 1. The number of hydrogen-bond acceptors (Lipinski definition) is 9. The maximum atomic E-state index is 12.5. The molecule has 0 saturated heterocycles. The van der Waals surface area contributed by atoms with Crippen LogP contribution < -0.4 is 30.3 Å². The molecular formula is C31H32Br2N4O7. The van der Waals surface area contributed by atoms with Gasteiger partial charge in [0.25, 0.3) is 0 Å². The van der Waals surface area contributed by atoms with Crippen LogP contribution in [0, 0.1) is 0 Å². The fourth-order valence-corrected chi connectivity index (χ4v) is 4.95. The predicted octanol–water partition coefficient (Wildman–Crippen LogP) is 5.31. The Hall–Kier alpha value is -4.07. The number of halogens is 2. The van der Waals surface area contributed by atoms with Crippen molar-refractivity contribution in [3.05, 3.63) is 97.6 Å². The van der Waals surface area contributed by atoms with E-state index < -0.39 is 24.3 Å². The van der Waals surface area contributed by atoms with Crippen LogP contribution in [-0.2, 0) is 16.1 Å². The molecule has 0 fully saturated rings. The molecule has 2 atom stereocenters. The zero-order chi connectivity index (χ0) is 31.6. The molecule has 1 aliphatic rings. The SMILES string of the molecule is CCOc1cc([C@H]2NC(=O)NC(C)=C2C(=O)OC)ccc1OC[C@H](O)N/N=C\c1cc(Br)ccc1OCc1ccc(Br)cc1. The van der Waals surface area contributed by atoms with Gasteiger partial charge in [0.2, 0.25) is 0 Å².